The van der Waals surface area contributed by atoms with Crippen LogP contribution in [0.4, 0.5) is 5.95 Å². The summed E-state index contributed by atoms with van der Waals surface area (Å²) in [6.45, 7) is 5.65. The zero-order chi connectivity index (χ0) is 15.0. The first-order valence-corrected chi connectivity index (χ1v) is 7.56. The van der Waals surface area contributed by atoms with Crippen molar-refractivity contribution in [3.8, 4) is 0 Å². The fraction of sp³-hybridized carbons (Fsp3) is 0.667. The lowest BCUT2D eigenvalue weighted by molar-refractivity contribution is -0.164. The largest absolute Gasteiger partial charge is 0.386 e. The maximum Gasteiger partial charge on any atom is 0.245 e. The second-order valence-corrected chi connectivity index (χ2v) is 6.35. The number of aliphatic hydroxyl groups is 1. The van der Waals surface area contributed by atoms with E-state index in [0.717, 1.165) is 19.4 Å². The van der Waals surface area contributed by atoms with E-state index < -0.39 is 5.60 Å². The predicted octanol–water partition coefficient (Wildman–Crippen LogP) is 0.675. The topological polar surface area (TPSA) is 69.6 Å². The average molecular weight is 290 g/mol. The third-order valence-electron chi connectivity index (χ3n) is 4.66. The van der Waals surface area contributed by atoms with E-state index >= 15 is 0 Å². The summed E-state index contributed by atoms with van der Waals surface area (Å²) in [5, 5.41) is 10.3. The molecular weight excluding hydrogens is 268 g/mol. The summed E-state index contributed by atoms with van der Waals surface area (Å²) < 4.78 is 0. The highest BCUT2D eigenvalue weighted by atomic mass is 16.3. The first-order valence-electron chi connectivity index (χ1n) is 7.56. The minimum Gasteiger partial charge on any atom is -0.386 e. The lowest BCUT2D eigenvalue weighted by atomic mass is 9.82. The zero-order valence-electron chi connectivity index (χ0n) is 12.6. The van der Waals surface area contributed by atoms with Gasteiger partial charge in [-0.05, 0) is 24.8 Å². The van der Waals surface area contributed by atoms with Crippen LogP contribution in [0.5, 0.6) is 0 Å². The molecule has 3 heterocycles. The van der Waals surface area contributed by atoms with Crippen molar-refractivity contribution in [2.75, 3.05) is 24.5 Å². The summed E-state index contributed by atoms with van der Waals surface area (Å²) in [6.07, 6.45) is 5.19. The van der Waals surface area contributed by atoms with Gasteiger partial charge in [0.05, 0.1) is 13.1 Å². The number of likely N-dealkylation sites (tertiary alicyclic amines) is 1. The number of anilines is 1. The van der Waals surface area contributed by atoms with Crippen molar-refractivity contribution in [1.29, 1.82) is 0 Å². The lowest BCUT2D eigenvalue weighted by Crippen LogP contribution is -2.68. The minimum absolute atomic E-state index is 0.0882. The van der Waals surface area contributed by atoms with Gasteiger partial charge in [-0.1, -0.05) is 13.8 Å². The van der Waals surface area contributed by atoms with Crippen LogP contribution in [0, 0.1) is 5.92 Å². The number of rotatable bonds is 3. The van der Waals surface area contributed by atoms with Gasteiger partial charge in [-0.3, -0.25) is 4.79 Å². The predicted molar refractivity (Wildman–Crippen MR) is 78.8 cm³/mol. The van der Waals surface area contributed by atoms with Gasteiger partial charge in [0.25, 0.3) is 0 Å². The highest BCUT2D eigenvalue weighted by Gasteiger charge is 2.48. The first kappa shape index (κ1) is 14.3. The van der Waals surface area contributed by atoms with Gasteiger partial charge in [0.15, 0.2) is 0 Å². The van der Waals surface area contributed by atoms with Gasteiger partial charge in [-0.25, -0.2) is 9.97 Å². The maximum atomic E-state index is 12.6. The second-order valence-electron chi connectivity index (χ2n) is 6.35. The molecule has 3 rings (SSSR count). The van der Waals surface area contributed by atoms with E-state index in [4.69, 9.17) is 0 Å². The molecule has 0 aliphatic carbocycles. The molecule has 2 aliphatic rings. The van der Waals surface area contributed by atoms with Gasteiger partial charge < -0.3 is 14.9 Å². The van der Waals surface area contributed by atoms with Crippen molar-refractivity contribution in [2.45, 2.75) is 38.3 Å². The Kier molecular flexibility index (Phi) is 3.57. The molecule has 1 atom stereocenters. The summed E-state index contributed by atoms with van der Waals surface area (Å²) in [4.78, 5) is 24.9. The summed E-state index contributed by atoms with van der Waals surface area (Å²) in [6, 6.07) is 1.58. The van der Waals surface area contributed by atoms with Crippen molar-refractivity contribution in [1.82, 2.24) is 14.9 Å². The Morgan fingerprint density at radius 2 is 2.05 bits per heavy atom. The van der Waals surface area contributed by atoms with Crippen LogP contribution in [0.3, 0.4) is 0 Å². The van der Waals surface area contributed by atoms with Crippen LogP contribution >= 0.6 is 0 Å². The number of β-amino-alcohol motifs (C(OH)–C–C–N with tert-alkyl or cyclic N) is 1. The molecule has 2 saturated heterocycles. The molecule has 1 aromatic rings. The fourth-order valence-corrected chi connectivity index (χ4v) is 3.05. The molecule has 1 N–H and O–H groups in total. The molecule has 1 unspecified atom stereocenters. The molecule has 114 valence electrons. The molecule has 2 aliphatic heterocycles. The number of nitrogens with zero attached hydrogens (tertiary/aromatic N) is 4. The van der Waals surface area contributed by atoms with Crippen LogP contribution in [0.2, 0.25) is 0 Å². The number of amides is 1. The molecule has 1 amide bonds. The molecule has 21 heavy (non-hydrogen) atoms. The van der Waals surface area contributed by atoms with Gasteiger partial charge in [0.2, 0.25) is 11.9 Å². The molecule has 0 saturated carbocycles. The zero-order valence-corrected chi connectivity index (χ0v) is 12.6. The third kappa shape index (κ3) is 2.48. The molecule has 6 heteroatoms. The number of carbonyl (C=O) groups excluding carboxylic acids is 1. The van der Waals surface area contributed by atoms with Crippen LogP contribution in [0.1, 0.15) is 26.7 Å². The van der Waals surface area contributed by atoms with Crippen LogP contribution in [0.25, 0.3) is 0 Å². The van der Waals surface area contributed by atoms with E-state index in [1.165, 1.54) is 0 Å². The Morgan fingerprint density at radius 3 is 2.67 bits per heavy atom. The van der Waals surface area contributed by atoms with Gasteiger partial charge in [-0.15, -0.1) is 0 Å². The smallest absolute Gasteiger partial charge is 0.245 e. The number of carbonyl (C=O) groups is 1. The minimum atomic E-state index is -0.720. The highest BCUT2D eigenvalue weighted by molar-refractivity contribution is 5.86. The SMILES string of the molecule is CC(C)C1(O)CN(C(=O)C2CCCN2c2ncccn2)C1. The molecule has 6 nitrogen and oxygen atoms in total. The molecule has 0 spiro atoms. The molecular formula is C15H22N4O2. The third-order valence-corrected chi connectivity index (χ3v) is 4.66. The van der Waals surface area contributed by atoms with Crippen LogP contribution in [-0.4, -0.2) is 57.2 Å². The Bertz CT molecular complexity index is 514. The first-order chi connectivity index (χ1) is 10.0. The van der Waals surface area contributed by atoms with Crippen molar-refractivity contribution < 1.29 is 9.90 Å². The Hall–Kier alpha value is -1.69. The van der Waals surface area contributed by atoms with E-state index in [0.29, 0.717) is 19.0 Å². The van der Waals surface area contributed by atoms with Gasteiger partial charge in [0, 0.05) is 18.9 Å². The second kappa shape index (κ2) is 5.26. The van der Waals surface area contributed by atoms with Crippen LogP contribution < -0.4 is 4.90 Å². The summed E-state index contributed by atoms with van der Waals surface area (Å²) >= 11 is 0. The van der Waals surface area contributed by atoms with E-state index in [-0.39, 0.29) is 17.9 Å². The summed E-state index contributed by atoms with van der Waals surface area (Å²) in [5.74, 6) is 0.872. The van der Waals surface area contributed by atoms with E-state index in [1.807, 2.05) is 18.7 Å². The standard InChI is InChI=1S/C15H22N4O2/c1-11(2)15(21)9-18(10-15)13(20)12-5-3-8-19(12)14-16-6-4-7-17-14/h4,6-7,11-12,21H,3,5,8-10H2,1-2H3. The molecule has 0 radical (unpaired) electrons. The number of hydrogen-bond donors (Lipinski definition) is 1. The van der Waals surface area contributed by atoms with Crippen molar-refractivity contribution in [3.05, 3.63) is 18.5 Å². The van der Waals surface area contributed by atoms with Gasteiger partial charge >= 0.3 is 0 Å². The van der Waals surface area contributed by atoms with E-state index in [1.54, 1.807) is 23.4 Å². The van der Waals surface area contributed by atoms with E-state index in [9.17, 15) is 9.90 Å². The highest BCUT2D eigenvalue weighted by Crippen LogP contribution is 2.31. The summed E-state index contributed by atoms with van der Waals surface area (Å²) in [7, 11) is 0. The molecule has 2 fully saturated rings. The maximum absolute atomic E-state index is 12.6. The summed E-state index contributed by atoms with van der Waals surface area (Å²) in [5.41, 5.74) is -0.720. The van der Waals surface area contributed by atoms with Crippen molar-refractivity contribution >= 4 is 11.9 Å². The fourth-order valence-electron chi connectivity index (χ4n) is 3.05. The van der Waals surface area contributed by atoms with Crippen LogP contribution in [0.15, 0.2) is 18.5 Å². The van der Waals surface area contributed by atoms with E-state index in [2.05, 4.69) is 9.97 Å². The van der Waals surface area contributed by atoms with Crippen molar-refractivity contribution in [2.24, 2.45) is 5.92 Å². The Labute approximate surface area is 124 Å². The van der Waals surface area contributed by atoms with Gasteiger partial charge in [0.1, 0.15) is 11.6 Å². The number of aromatic nitrogens is 2. The molecule has 0 bridgehead atoms. The lowest BCUT2D eigenvalue weighted by Gasteiger charge is -2.50. The Morgan fingerprint density at radius 1 is 1.38 bits per heavy atom. The Balaban J connectivity index is 1.68. The molecule has 1 aromatic heterocycles. The quantitative estimate of drug-likeness (QED) is 0.886. The van der Waals surface area contributed by atoms with Gasteiger partial charge in [-0.2, -0.15) is 0 Å². The normalized spacial score (nSPS) is 24.3. The number of hydrogen-bond acceptors (Lipinski definition) is 5. The monoisotopic (exact) mass is 290 g/mol. The van der Waals surface area contributed by atoms with Crippen molar-refractivity contribution in [3.63, 3.8) is 0 Å². The van der Waals surface area contributed by atoms with Crippen LogP contribution in [-0.2, 0) is 4.79 Å². The molecule has 0 aromatic carbocycles. The average Bonchev–Trinajstić information content (AvgIpc) is 2.93.